The molecule has 2 aromatic rings. The van der Waals surface area contributed by atoms with Gasteiger partial charge in [0.2, 0.25) is 5.88 Å². The molecule has 0 radical (unpaired) electrons. The molecular weight excluding hydrogens is 535 g/mol. The Hall–Kier alpha value is -2.27. The van der Waals surface area contributed by atoms with Gasteiger partial charge in [0.15, 0.2) is 17.5 Å². The van der Waals surface area contributed by atoms with Crippen molar-refractivity contribution in [1.82, 2.24) is 15.6 Å². The first-order valence-corrected chi connectivity index (χ1v) is 11.2. The quantitative estimate of drug-likeness (QED) is 0.154. The first-order valence-electron chi connectivity index (χ1n) is 11.2. The summed E-state index contributed by atoms with van der Waals surface area (Å²) in [5.74, 6) is 2.89. The van der Waals surface area contributed by atoms with E-state index in [1.54, 1.807) is 13.3 Å². The summed E-state index contributed by atoms with van der Waals surface area (Å²) in [6, 6.07) is 9.93. The van der Waals surface area contributed by atoms with E-state index in [-0.39, 0.29) is 24.0 Å². The predicted molar refractivity (Wildman–Crippen MR) is 142 cm³/mol. The Morgan fingerprint density at radius 1 is 0.970 bits per heavy atom. The topological polar surface area (TPSA) is 86.2 Å². The molecule has 0 aliphatic heterocycles. The van der Waals surface area contributed by atoms with Crippen LogP contribution in [0.3, 0.4) is 0 Å². The SMILES string of the molecule is CCNC(=NCc1cccnc1OCCOC)NCCc1ccc(OCC)c(OCC)c1.I. The third kappa shape index (κ3) is 10.5. The fourth-order valence-electron chi connectivity index (χ4n) is 2.98. The summed E-state index contributed by atoms with van der Waals surface area (Å²) in [6.45, 7) is 10.1. The van der Waals surface area contributed by atoms with Gasteiger partial charge >= 0.3 is 0 Å². The molecular formula is C24H37IN4O4. The zero-order valence-electron chi connectivity index (χ0n) is 20.1. The molecule has 0 amide bonds. The van der Waals surface area contributed by atoms with Crippen LogP contribution in [-0.2, 0) is 17.7 Å². The smallest absolute Gasteiger partial charge is 0.218 e. The number of aliphatic imine (C=N–C) groups is 1. The summed E-state index contributed by atoms with van der Waals surface area (Å²) in [4.78, 5) is 9.00. The first-order chi connectivity index (χ1) is 15.7. The highest BCUT2D eigenvalue weighted by Crippen LogP contribution is 2.28. The van der Waals surface area contributed by atoms with Crippen LogP contribution >= 0.6 is 24.0 Å². The van der Waals surface area contributed by atoms with Gasteiger partial charge in [-0.3, -0.25) is 0 Å². The summed E-state index contributed by atoms with van der Waals surface area (Å²) >= 11 is 0. The molecule has 0 spiro atoms. The monoisotopic (exact) mass is 572 g/mol. The highest BCUT2D eigenvalue weighted by molar-refractivity contribution is 14.0. The minimum atomic E-state index is 0. The van der Waals surface area contributed by atoms with E-state index in [0.717, 1.165) is 42.5 Å². The van der Waals surface area contributed by atoms with Crippen LogP contribution in [0.1, 0.15) is 31.9 Å². The van der Waals surface area contributed by atoms with Crippen molar-refractivity contribution in [1.29, 1.82) is 0 Å². The number of benzene rings is 1. The Labute approximate surface area is 214 Å². The van der Waals surface area contributed by atoms with E-state index < -0.39 is 0 Å². The number of ether oxygens (including phenoxy) is 4. The van der Waals surface area contributed by atoms with Crippen molar-refractivity contribution in [2.75, 3.05) is 46.6 Å². The second-order valence-corrected chi connectivity index (χ2v) is 6.83. The summed E-state index contributed by atoms with van der Waals surface area (Å²) < 4.78 is 22.1. The van der Waals surface area contributed by atoms with Gasteiger partial charge in [-0.15, -0.1) is 24.0 Å². The van der Waals surface area contributed by atoms with Gasteiger partial charge in [-0.25, -0.2) is 9.98 Å². The molecule has 2 rings (SSSR count). The van der Waals surface area contributed by atoms with E-state index in [0.29, 0.717) is 38.9 Å². The Bertz CT molecular complexity index is 836. The van der Waals surface area contributed by atoms with Gasteiger partial charge in [-0.2, -0.15) is 0 Å². The fraction of sp³-hybridized carbons (Fsp3) is 0.500. The van der Waals surface area contributed by atoms with E-state index >= 15 is 0 Å². The largest absolute Gasteiger partial charge is 0.490 e. The number of nitrogens with zero attached hydrogens (tertiary/aromatic N) is 2. The zero-order chi connectivity index (χ0) is 23.0. The van der Waals surface area contributed by atoms with Crippen LogP contribution in [0.15, 0.2) is 41.5 Å². The molecule has 0 bridgehead atoms. The van der Waals surface area contributed by atoms with Crippen LogP contribution in [0.2, 0.25) is 0 Å². The molecule has 0 saturated carbocycles. The molecule has 2 N–H and O–H groups in total. The number of halogens is 1. The van der Waals surface area contributed by atoms with Crippen LogP contribution in [-0.4, -0.2) is 57.6 Å². The molecule has 0 aliphatic rings. The van der Waals surface area contributed by atoms with Crippen molar-refractivity contribution >= 4 is 29.9 Å². The average molecular weight is 572 g/mol. The van der Waals surface area contributed by atoms with E-state index in [1.165, 1.54) is 5.56 Å². The summed E-state index contributed by atoms with van der Waals surface area (Å²) in [7, 11) is 1.65. The number of nitrogens with one attached hydrogen (secondary N) is 2. The van der Waals surface area contributed by atoms with Crippen LogP contribution < -0.4 is 24.8 Å². The lowest BCUT2D eigenvalue weighted by Gasteiger charge is -2.14. The Morgan fingerprint density at radius 2 is 1.76 bits per heavy atom. The van der Waals surface area contributed by atoms with Crippen LogP contribution in [0.25, 0.3) is 0 Å². The molecule has 0 saturated heterocycles. The summed E-state index contributed by atoms with van der Waals surface area (Å²) in [6.07, 6.45) is 2.54. The summed E-state index contributed by atoms with van der Waals surface area (Å²) in [5, 5.41) is 6.67. The molecule has 1 aromatic heterocycles. The van der Waals surface area contributed by atoms with Crippen LogP contribution in [0, 0.1) is 0 Å². The molecule has 0 fully saturated rings. The van der Waals surface area contributed by atoms with Gasteiger partial charge < -0.3 is 29.6 Å². The van der Waals surface area contributed by atoms with E-state index in [1.807, 2.05) is 45.0 Å². The third-order valence-electron chi connectivity index (χ3n) is 4.44. The number of aromatic nitrogens is 1. The molecule has 1 heterocycles. The lowest BCUT2D eigenvalue weighted by atomic mass is 10.1. The van der Waals surface area contributed by atoms with Gasteiger partial charge in [0.25, 0.3) is 0 Å². The summed E-state index contributed by atoms with van der Waals surface area (Å²) in [5.41, 5.74) is 2.09. The molecule has 0 atom stereocenters. The highest BCUT2D eigenvalue weighted by Gasteiger charge is 2.08. The predicted octanol–water partition coefficient (Wildman–Crippen LogP) is 3.82. The molecule has 1 aromatic carbocycles. The van der Waals surface area contributed by atoms with E-state index in [2.05, 4.69) is 26.7 Å². The van der Waals surface area contributed by atoms with Crippen molar-refractivity contribution in [2.24, 2.45) is 4.99 Å². The second kappa shape index (κ2) is 17.2. The number of methoxy groups -OCH3 is 1. The molecule has 184 valence electrons. The molecule has 0 unspecified atom stereocenters. The van der Waals surface area contributed by atoms with E-state index in [4.69, 9.17) is 18.9 Å². The maximum absolute atomic E-state index is 5.72. The number of guanidine groups is 1. The second-order valence-electron chi connectivity index (χ2n) is 6.83. The van der Waals surface area contributed by atoms with Crippen molar-refractivity contribution in [3.8, 4) is 17.4 Å². The lowest BCUT2D eigenvalue weighted by molar-refractivity contribution is 0.143. The van der Waals surface area contributed by atoms with Crippen LogP contribution in [0.4, 0.5) is 0 Å². The van der Waals surface area contributed by atoms with E-state index in [9.17, 15) is 0 Å². The van der Waals surface area contributed by atoms with Gasteiger partial charge in [0.05, 0.1) is 26.4 Å². The molecule has 0 aliphatic carbocycles. The first kappa shape index (κ1) is 28.8. The number of rotatable bonds is 14. The lowest BCUT2D eigenvalue weighted by Crippen LogP contribution is -2.38. The Kier molecular flexibility index (Phi) is 15.0. The number of hydrogen-bond acceptors (Lipinski definition) is 6. The van der Waals surface area contributed by atoms with Gasteiger partial charge in [0, 0.05) is 32.0 Å². The standard InChI is InChI=1S/C24H36N4O4.HI/c1-5-25-24(28-18-20-9-8-13-26-23(20)32-16-15-29-4)27-14-12-19-10-11-21(30-6-2)22(17-19)31-7-3;/h8-11,13,17H,5-7,12,14-16,18H2,1-4H3,(H2,25,27,28);1H. The molecule has 9 heteroatoms. The fourth-order valence-corrected chi connectivity index (χ4v) is 2.98. The van der Waals surface area contributed by atoms with Gasteiger partial charge in [-0.1, -0.05) is 12.1 Å². The normalized spacial score (nSPS) is 10.8. The van der Waals surface area contributed by atoms with Crippen molar-refractivity contribution in [3.05, 3.63) is 47.7 Å². The maximum Gasteiger partial charge on any atom is 0.218 e. The third-order valence-corrected chi connectivity index (χ3v) is 4.44. The maximum atomic E-state index is 5.72. The number of pyridine rings is 1. The zero-order valence-corrected chi connectivity index (χ0v) is 22.4. The van der Waals surface area contributed by atoms with Gasteiger partial charge in [0.1, 0.15) is 6.61 Å². The van der Waals surface area contributed by atoms with Gasteiger partial charge in [-0.05, 0) is 51.0 Å². The van der Waals surface area contributed by atoms with Crippen molar-refractivity contribution < 1.29 is 18.9 Å². The van der Waals surface area contributed by atoms with Crippen molar-refractivity contribution in [3.63, 3.8) is 0 Å². The van der Waals surface area contributed by atoms with Crippen LogP contribution in [0.5, 0.6) is 17.4 Å². The highest BCUT2D eigenvalue weighted by atomic mass is 127. The minimum Gasteiger partial charge on any atom is -0.490 e. The average Bonchev–Trinajstić information content (AvgIpc) is 2.80. The minimum absolute atomic E-state index is 0. The number of hydrogen-bond donors (Lipinski definition) is 2. The van der Waals surface area contributed by atoms with Crippen molar-refractivity contribution in [2.45, 2.75) is 33.7 Å². The Morgan fingerprint density at radius 3 is 2.48 bits per heavy atom. The molecule has 33 heavy (non-hydrogen) atoms. The molecule has 8 nitrogen and oxygen atoms in total. The Balaban J connectivity index is 0.00000544.